The largest absolute Gasteiger partial charge is 0.312 e. The maximum atomic E-state index is 7.15. The number of benzene rings is 10. The van der Waals surface area contributed by atoms with Crippen molar-refractivity contribution in [3.63, 3.8) is 0 Å². The van der Waals surface area contributed by atoms with E-state index in [0.29, 0.717) is 6.54 Å². The third-order valence-electron chi connectivity index (χ3n) is 11.4. The van der Waals surface area contributed by atoms with Crippen LogP contribution in [0.1, 0.15) is 29.0 Å². The van der Waals surface area contributed by atoms with E-state index in [0.717, 1.165) is 22.3 Å². The predicted molar refractivity (Wildman–Crippen MR) is 237 cm³/mol. The van der Waals surface area contributed by atoms with Crippen molar-refractivity contribution in [1.29, 1.82) is 0 Å². The lowest BCUT2D eigenvalue weighted by molar-refractivity contribution is 0.387. The molecule has 0 bridgehead atoms. The van der Waals surface area contributed by atoms with Crippen LogP contribution >= 0.6 is 0 Å². The molecule has 0 amide bonds. The number of hydrogen-bond donors (Lipinski definition) is 3. The molecule has 0 heterocycles. The maximum Gasteiger partial charge on any atom is 0.0852 e. The van der Waals surface area contributed by atoms with Crippen molar-refractivity contribution >= 4 is 53.9 Å². The minimum Gasteiger partial charge on any atom is -0.312 e. The predicted octanol–water partition coefficient (Wildman–Crippen LogP) is 12.8. The summed E-state index contributed by atoms with van der Waals surface area (Å²) in [6.45, 7) is 0.652. The van der Waals surface area contributed by atoms with Gasteiger partial charge in [-0.1, -0.05) is 188 Å². The van der Waals surface area contributed by atoms with E-state index < -0.39 is 6.17 Å². The molecule has 0 fully saturated rings. The van der Waals surface area contributed by atoms with Gasteiger partial charge in [-0.05, 0) is 105 Å². The molecule has 10 rings (SSSR count). The van der Waals surface area contributed by atoms with Crippen molar-refractivity contribution in [2.75, 3.05) is 0 Å². The van der Waals surface area contributed by atoms with Gasteiger partial charge in [0.1, 0.15) is 0 Å². The molecule has 4 N–H and O–H groups in total. The van der Waals surface area contributed by atoms with E-state index in [2.05, 4.69) is 205 Å². The van der Waals surface area contributed by atoms with Crippen LogP contribution in [0, 0.1) is 0 Å². The summed E-state index contributed by atoms with van der Waals surface area (Å²) in [5.41, 5.74) is 15.3. The highest BCUT2D eigenvalue weighted by Crippen LogP contribution is 2.40. The minimum atomic E-state index is -0.438. The monoisotopic (exact) mass is 719 g/mol. The Morgan fingerprint density at radius 3 is 1.77 bits per heavy atom. The summed E-state index contributed by atoms with van der Waals surface area (Å²) in [5.74, 6) is 0. The fourth-order valence-electron chi connectivity index (χ4n) is 8.65. The van der Waals surface area contributed by atoms with Crippen LogP contribution < -0.4 is 16.4 Å². The molecule has 2 atom stereocenters. The second-order valence-electron chi connectivity index (χ2n) is 14.7. The van der Waals surface area contributed by atoms with Crippen molar-refractivity contribution in [1.82, 2.24) is 10.6 Å². The zero-order valence-electron chi connectivity index (χ0n) is 31.0. The zero-order valence-corrected chi connectivity index (χ0v) is 31.0. The van der Waals surface area contributed by atoms with E-state index in [9.17, 15) is 0 Å². The van der Waals surface area contributed by atoms with Gasteiger partial charge in [0.2, 0.25) is 0 Å². The van der Waals surface area contributed by atoms with Crippen LogP contribution in [0.2, 0.25) is 0 Å². The summed E-state index contributed by atoms with van der Waals surface area (Å²) in [7, 11) is 0. The van der Waals surface area contributed by atoms with Crippen LogP contribution in [0.25, 0.3) is 76.1 Å². The van der Waals surface area contributed by atoms with E-state index >= 15 is 0 Å². The molecule has 0 saturated carbocycles. The van der Waals surface area contributed by atoms with Gasteiger partial charge in [0.15, 0.2) is 0 Å². The van der Waals surface area contributed by atoms with Crippen LogP contribution in [0.5, 0.6) is 0 Å². The third kappa shape index (κ3) is 6.18. The lowest BCUT2D eigenvalue weighted by Crippen LogP contribution is -2.40. The Morgan fingerprint density at radius 2 is 1.00 bits per heavy atom. The van der Waals surface area contributed by atoms with Gasteiger partial charge in [0.25, 0.3) is 0 Å². The molecule has 0 aromatic heterocycles. The number of fused-ring (bicyclic) bond motifs is 7. The molecule has 0 aliphatic heterocycles. The van der Waals surface area contributed by atoms with Crippen LogP contribution in [-0.2, 0) is 6.54 Å². The lowest BCUT2D eigenvalue weighted by atomic mass is 9.89. The van der Waals surface area contributed by atoms with E-state index in [1.54, 1.807) is 0 Å². The highest BCUT2D eigenvalue weighted by molar-refractivity contribution is 6.20. The molecule has 268 valence electrons. The Hall–Kier alpha value is -6.62. The standard InChI is InChI=1S/C53H41N3/c54-52(49-25-13-11-19-42(49)35-14-2-1-3-15-35)56-53(55-34-41-32-39-17-5-8-21-44(39)47-24-12-10-22-45(41)47)38-28-26-37(27-29-38)51-46-23-9-6-18-40(46)33-50-43-20-7-4-16-36(43)30-31-48(50)51/h1-33,52-53,55-56H,34,54H2. The summed E-state index contributed by atoms with van der Waals surface area (Å²) in [6, 6.07) is 72.0. The third-order valence-corrected chi connectivity index (χ3v) is 11.4. The SMILES string of the molecule is NC(NC(NCc1cc2ccccc2c2ccccc12)c1ccc(-c2c3ccccc3cc3c2ccc2ccccc23)cc1)c1ccccc1-c1ccccc1. The second kappa shape index (κ2) is 14.6. The Labute approximate surface area is 327 Å². The molecular weight excluding hydrogens is 679 g/mol. The fraction of sp³-hybridized carbons (Fsp3) is 0.0566. The van der Waals surface area contributed by atoms with E-state index in [-0.39, 0.29) is 6.17 Å². The molecule has 0 aliphatic carbocycles. The highest BCUT2D eigenvalue weighted by Gasteiger charge is 2.20. The smallest absolute Gasteiger partial charge is 0.0852 e. The van der Waals surface area contributed by atoms with Crippen LogP contribution in [0.15, 0.2) is 200 Å². The highest BCUT2D eigenvalue weighted by atomic mass is 15.2. The second-order valence-corrected chi connectivity index (χ2v) is 14.7. The van der Waals surface area contributed by atoms with Gasteiger partial charge in [-0.15, -0.1) is 0 Å². The van der Waals surface area contributed by atoms with E-state index in [1.165, 1.54) is 70.6 Å². The van der Waals surface area contributed by atoms with Gasteiger partial charge in [-0.3, -0.25) is 10.6 Å². The van der Waals surface area contributed by atoms with Gasteiger partial charge < -0.3 is 5.73 Å². The normalized spacial score (nSPS) is 12.8. The summed E-state index contributed by atoms with van der Waals surface area (Å²) < 4.78 is 0. The van der Waals surface area contributed by atoms with Crippen molar-refractivity contribution < 1.29 is 0 Å². The molecule has 10 aromatic rings. The van der Waals surface area contributed by atoms with E-state index in [4.69, 9.17) is 5.73 Å². The molecule has 3 nitrogen and oxygen atoms in total. The van der Waals surface area contributed by atoms with Crippen molar-refractivity contribution in [3.8, 4) is 22.3 Å². The van der Waals surface area contributed by atoms with E-state index in [1.807, 2.05) is 6.07 Å². The first kappa shape index (κ1) is 33.9. The molecule has 0 saturated heterocycles. The molecule has 10 aromatic carbocycles. The van der Waals surface area contributed by atoms with Crippen LogP contribution in [0.3, 0.4) is 0 Å². The van der Waals surface area contributed by atoms with Crippen LogP contribution in [0.4, 0.5) is 0 Å². The van der Waals surface area contributed by atoms with Crippen molar-refractivity contribution in [2.45, 2.75) is 18.9 Å². The van der Waals surface area contributed by atoms with Crippen LogP contribution in [-0.4, -0.2) is 0 Å². The van der Waals surface area contributed by atoms with Crippen molar-refractivity contribution in [3.05, 3.63) is 217 Å². The van der Waals surface area contributed by atoms with Gasteiger partial charge in [0, 0.05) is 6.54 Å². The first-order valence-electron chi connectivity index (χ1n) is 19.4. The average molecular weight is 720 g/mol. The Balaban J connectivity index is 1.06. The molecule has 0 radical (unpaired) electrons. The number of nitrogens with two attached hydrogens (primary N) is 1. The number of nitrogens with one attached hydrogen (secondary N) is 2. The molecule has 0 spiro atoms. The Morgan fingerprint density at radius 1 is 0.411 bits per heavy atom. The number of hydrogen-bond acceptors (Lipinski definition) is 3. The van der Waals surface area contributed by atoms with Gasteiger partial charge in [-0.2, -0.15) is 0 Å². The quantitative estimate of drug-likeness (QED) is 0.0791. The molecular formula is C53H41N3. The summed E-state index contributed by atoms with van der Waals surface area (Å²) in [4.78, 5) is 0. The van der Waals surface area contributed by atoms with Gasteiger partial charge in [0.05, 0.1) is 12.3 Å². The lowest BCUT2D eigenvalue weighted by Gasteiger charge is -2.27. The van der Waals surface area contributed by atoms with Gasteiger partial charge >= 0.3 is 0 Å². The fourth-order valence-corrected chi connectivity index (χ4v) is 8.65. The summed E-state index contributed by atoms with van der Waals surface area (Å²) in [5, 5.41) is 20.3. The number of rotatable bonds is 9. The molecule has 3 heteroatoms. The summed E-state index contributed by atoms with van der Waals surface area (Å²) in [6.07, 6.45) is -0.687. The molecule has 2 unspecified atom stereocenters. The molecule has 56 heavy (non-hydrogen) atoms. The average Bonchev–Trinajstić information content (AvgIpc) is 3.27. The molecule has 0 aliphatic rings. The Bertz CT molecular complexity index is 3020. The van der Waals surface area contributed by atoms with Gasteiger partial charge in [-0.25, -0.2) is 0 Å². The minimum absolute atomic E-state index is 0.249. The zero-order chi connectivity index (χ0) is 37.4. The van der Waals surface area contributed by atoms with Crippen molar-refractivity contribution in [2.24, 2.45) is 5.73 Å². The maximum absolute atomic E-state index is 7.15. The Kier molecular flexibility index (Phi) is 8.81. The topological polar surface area (TPSA) is 50.1 Å². The first-order valence-corrected chi connectivity index (χ1v) is 19.4. The first-order chi connectivity index (χ1) is 27.7. The summed E-state index contributed by atoms with van der Waals surface area (Å²) >= 11 is 0.